The Morgan fingerprint density at radius 1 is 1.04 bits per heavy atom. The van der Waals surface area contributed by atoms with Crippen molar-refractivity contribution < 1.29 is 23.9 Å². The van der Waals surface area contributed by atoms with Gasteiger partial charge in [-0.15, -0.1) is 0 Å². The lowest BCUT2D eigenvalue weighted by Gasteiger charge is -2.24. The number of esters is 1. The summed E-state index contributed by atoms with van der Waals surface area (Å²) in [7, 11) is 0. The van der Waals surface area contributed by atoms with E-state index in [-0.39, 0.29) is 17.2 Å². The number of hydrogen-bond donors (Lipinski definition) is 1. The van der Waals surface area contributed by atoms with Crippen molar-refractivity contribution in [3.63, 3.8) is 0 Å². The van der Waals surface area contributed by atoms with E-state index in [4.69, 9.17) is 15.2 Å². The fraction of sp³-hybridized carbons (Fsp3) is 0.250. The summed E-state index contributed by atoms with van der Waals surface area (Å²) in [6.07, 6.45) is -0.979. The van der Waals surface area contributed by atoms with Crippen molar-refractivity contribution in [3.05, 3.63) is 60.2 Å². The molecule has 7 nitrogen and oxygen atoms in total. The third-order valence-electron chi connectivity index (χ3n) is 3.80. The first-order valence-electron chi connectivity index (χ1n) is 8.51. The standard InChI is InChI=1S/C20H22N2O5/c1-3-22(15-9-5-4-6-10-15)20(25)14(2)27-18(23)13-26-17-12-8-7-11-16(17)19(21)24/h4-12,14H,3,13H2,1-2H3,(H2,21,24)/t14-/m1/s1. The molecule has 0 fully saturated rings. The van der Waals surface area contributed by atoms with Crippen molar-refractivity contribution >= 4 is 23.5 Å². The first-order valence-corrected chi connectivity index (χ1v) is 8.51. The van der Waals surface area contributed by atoms with E-state index in [1.165, 1.54) is 24.0 Å². The third kappa shape index (κ3) is 5.31. The minimum Gasteiger partial charge on any atom is -0.481 e. The van der Waals surface area contributed by atoms with Crippen molar-refractivity contribution in [1.29, 1.82) is 0 Å². The minimum absolute atomic E-state index is 0.163. The molecule has 2 aromatic carbocycles. The van der Waals surface area contributed by atoms with Crippen LogP contribution in [0.3, 0.4) is 0 Å². The highest BCUT2D eigenvalue weighted by Crippen LogP contribution is 2.18. The second-order valence-electron chi connectivity index (χ2n) is 5.70. The smallest absolute Gasteiger partial charge is 0.344 e. The summed E-state index contributed by atoms with van der Waals surface area (Å²) in [5.74, 6) is -1.54. The number of amides is 2. The number of para-hydroxylation sites is 2. The maximum Gasteiger partial charge on any atom is 0.344 e. The molecule has 2 rings (SSSR count). The summed E-state index contributed by atoms with van der Waals surface area (Å²) in [6, 6.07) is 15.4. The molecule has 2 N–H and O–H groups in total. The molecule has 0 aliphatic rings. The highest BCUT2D eigenvalue weighted by atomic mass is 16.6. The van der Waals surface area contributed by atoms with Crippen LogP contribution in [-0.4, -0.2) is 37.0 Å². The SMILES string of the molecule is CCN(C(=O)[C@@H](C)OC(=O)COc1ccccc1C(N)=O)c1ccccc1. The number of hydrogen-bond acceptors (Lipinski definition) is 5. The Labute approximate surface area is 157 Å². The van der Waals surface area contributed by atoms with Gasteiger partial charge in [-0.2, -0.15) is 0 Å². The Balaban J connectivity index is 1.95. The normalized spacial score (nSPS) is 11.3. The lowest BCUT2D eigenvalue weighted by atomic mass is 10.2. The van der Waals surface area contributed by atoms with Gasteiger partial charge < -0.3 is 20.1 Å². The molecule has 0 radical (unpaired) electrons. The van der Waals surface area contributed by atoms with Gasteiger partial charge in [-0.05, 0) is 38.1 Å². The molecular weight excluding hydrogens is 348 g/mol. The molecule has 0 saturated carbocycles. The van der Waals surface area contributed by atoms with Gasteiger partial charge >= 0.3 is 5.97 Å². The van der Waals surface area contributed by atoms with Crippen molar-refractivity contribution in [2.24, 2.45) is 5.73 Å². The highest BCUT2D eigenvalue weighted by Gasteiger charge is 2.24. The number of rotatable bonds is 8. The van der Waals surface area contributed by atoms with Gasteiger partial charge in [-0.1, -0.05) is 30.3 Å². The van der Waals surface area contributed by atoms with Crippen molar-refractivity contribution in [1.82, 2.24) is 0 Å². The van der Waals surface area contributed by atoms with Crippen LogP contribution in [0.4, 0.5) is 5.69 Å². The van der Waals surface area contributed by atoms with E-state index in [9.17, 15) is 14.4 Å². The average Bonchev–Trinajstić information content (AvgIpc) is 2.67. The molecule has 0 aliphatic heterocycles. The lowest BCUT2D eigenvalue weighted by Crippen LogP contribution is -2.40. The van der Waals surface area contributed by atoms with Gasteiger partial charge in [0.05, 0.1) is 5.56 Å². The topological polar surface area (TPSA) is 98.9 Å². The van der Waals surface area contributed by atoms with Gasteiger partial charge in [0.25, 0.3) is 11.8 Å². The van der Waals surface area contributed by atoms with E-state index in [0.29, 0.717) is 6.54 Å². The molecule has 0 bridgehead atoms. The predicted molar refractivity (Wildman–Crippen MR) is 100 cm³/mol. The van der Waals surface area contributed by atoms with Gasteiger partial charge in [0.1, 0.15) is 5.75 Å². The molecule has 2 aromatic rings. The molecular formula is C20H22N2O5. The summed E-state index contributed by atoms with van der Waals surface area (Å²) in [6.45, 7) is 3.33. The third-order valence-corrected chi connectivity index (χ3v) is 3.80. The Hall–Kier alpha value is -3.35. The van der Waals surface area contributed by atoms with Crippen LogP contribution in [0.15, 0.2) is 54.6 Å². The number of carbonyl (C=O) groups excluding carboxylic acids is 3. The van der Waals surface area contributed by atoms with E-state index in [2.05, 4.69) is 0 Å². The Kier molecular flexibility index (Phi) is 6.93. The van der Waals surface area contributed by atoms with Crippen LogP contribution in [0.25, 0.3) is 0 Å². The summed E-state index contributed by atoms with van der Waals surface area (Å²) in [5.41, 5.74) is 6.14. The van der Waals surface area contributed by atoms with E-state index in [1.54, 1.807) is 24.3 Å². The van der Waals surface area contributed by atoms with Crippen LogP contribution in [0.5, 0.6) is 5.75 Å². The van der Waals surface area contributed by atoms with E-state index in [0.717, 1.165) is 5.69 Å². The van der Waals surface area contributed by atoms with Crippen LogP contribution in [0, 0.1) is 0 Å². The quantitative estimate of drug-likeness (QED) is 0.718. The molecule has 0 aliphatic carbocycles. The number of primary amides is 1. The fourth-order valence-electron chi connectivity index (χ4n) is 2.51. The van der Waals surface area contributed by atoms with Crippen LogP contribution >= 0.6 is 0 Å². The van der Waals surface area contributed by atoms with Crippen molar-refractivity contribution in [2.45, 2.75) is 20.0 Å². The van der Waals surface area contributed by atoms with Crippen LogP contribution in [0.1, 0.15) is 24.2 Å². The highest BCUT2D eigenvalue weighted by molar-refractivity contribution is 5.97. The number of benzene rings is 2. The monoisotopic (exact) mass is 370 g/mol. The number of ether oxygens (including phenoxy) is 2. The van der Waals surface area contributed by atoms with Gasteiger partial charge in [0.2, 0.25) is 0 Å². The van der Waals surface area contributed by atoms with Crippen molar-refractivity contribution in [3.8, 4) is 5.75 Å². The van der Waals surface area contributed by atoms with Gasteiger partial charge in [0, 0.05) is 12.2 Å². The Morgan fingerprint density at radius 2 is 1.67 bits per heavy atom. The van der Waals surface area contributed by atoms with E-state index >= 15 is 0 Å². The molecule has 0 unspecified atom stereocenters. The summed E-state index contributed by atoms with van der Waals surface area (Å²) in [4.78, 5) is 37.5. The van der Waals surface area contributed by atoms with E-state index in [1.807, 2.05) is 25.1 Å². The molecule has 0 saturated heterocycles. The molecule has 2 amide bonds. The zero-order chi connectivity index (χ0) is 19.8. The van der Waals surface area contributed by atoms with Crippen LogP contribution < -0.4 is 15.4 Å². The molecule has 7 heteroatoms. The average molecular weight is 370 g/mol. The minimum atomic E-state index is -0.979. The largest absolute Gasteiger partial charge is 0.481 e. The maximum absolute atomic E-state index is 12.6. The summed E-state index contributed by atoms with van der Waals surface area (Å²) in [5, 5.41) is 0. The maximum atomic E-state index is 12.6. The second kappa shape index (κ2) is 9.38. The first kappa shape index (κ1) is 20.0. The molecule has 0 aromatic heterocycles. The summed E-state index contributed by atoms with van der Waals surface area (Å²) >= 11 is 0. The van der Waals surface area contributed by atoms with Crippen LogP contribution in [-0.2, 0) is 14.3 Å². The molecule has 142 valence electrons. The van der Waals surface area contributed by atoms with Gasteiger partial charge in [-0.3, -0.25) is 9.59 Å². The molecule has 0 heterocycles. The zero-order valence-corrected chi connectivity index (χ0v) is 15.3. The number of nitrogens with zero attached hydrogens (tertiary/aromatic N) is 1. The van der Waals surface area contributed by atoms with E-state index < -0.39 is 24.6 Å². The molecule has 27 heavy (non-hydrogen) atoms. The first-order chi connectivity index (χ1) is 12.9. The van der Waals surface area contributed by atoms with Gasteiger partial charge in [-0.25, -0.2) is 4.79 Å². The fourth-order valence-corrected chi connectivity index (χ4v) is 2.51. The number of carbonyl (C=O) groups is 3. The number of anilines is 1. The number of nitrogens with two attached hydrogens (primary N) is 1. The zero-order valence-electron chi connectivity index (χ0n) is 15.3. The van der Waals surface area contributed by atoms with Crippen molar-refractivity contribution in [2.75, 3.05) is 18.1 Å². The Morgan fingerprint density at radius 3 is 2.30 bits per heavy atom. The van der Waals surface area contributed by atoms with Gasteiger partial charge in [0.15, 0.2) is 12.7 Å². The molecule has 0 spiro atoms. The summed E-state index contributed by atoms with van der Waals surface area (Å²) < 4.78 is 10.5. The Bertz CT molecular complexity index is 807. The predicted octanol–water partition coefficient (Wildman–Crippen LogP) is 2.15. The second-order valence-corrected chi connectivity index (χ2v) is 5.70. The number of likely N-dealkylation sites (N-methyl/N-ethyl adjacent to an activating group) is 1. The molecule has 1 atom stereocenters. The lowest BCUT2D eigenvalue weighted by molar-refractivity contribution is -0.155. The van der Waals surface area contributed by atoms with Crippen LogP contribution in [0.2, 0.25) is 0 Å².